The number of hydrogen-bond donors (Lipinski definition) is 0. The zero-order valence-corrected chi connectivity index (χ0v) is 23.1. The molecule has 12 nitrogen and oxygen atoms in total. The largest absolute Gasteiger partial charge is 0.454 e. The highest BCUT2D eigenvalue weighted by atomic mass is 32.2. The van der Waals surface area contributed by atoms with Gasteiger partial charge in [-0.05, 0) is 35.4 Å². The summed E-state index contributed by atoms with van der Waals surface area (Å²) >= 11 is 0. The van der Waals surface area contributed by atoms with Gasteiger partial charge in [0.15, 0.2) is 29.5 Å². The molecular formula is C25H26O12S2. The minimum atomic E-state index is -4.14. The van der Waals surface area contributed by atoms with Crippen molar-refractivity contribution in [3.05, 3.63) is 71.8 Å². The SMILES string of the molecule is C=C(C(=C)C(OC(C)=O)c1ccc(OS(C)(=O)=O)cc1OS(C)(=O)=O)C(OC(C)=O)c1ccc2c(c1)OCO2. The Hall–Kier alpha value is -4.04. The number of hydrogen-bond acceptors (Lipinski definition) is 12. The van der Waals surface area contributed by atoms with E-state index >= 15 is 0 Å². The van der Waals surface area contributed by atoms with Crippen LogP contribution in [0.15, 0.2) is 60.7 Å². The van der Waals surface area contributed by atoms with Crippen LogP contribution < -0.4 is 17.8 Å². The molecule has 0 spiro atoms. The predicted molar refractivity (Wildman–Crippen MR) is 137 cm³/mol. The Morgan fingerprint density at radius 3 is 1.95 bits per heavy atom. The number of rotatable bonds is 11. The third kappa shape index (κ3) is 7.97. The summed E-state index contributed by atoms with van der Waals surface area (Å²) in [5.74, 6) is -1.19. The van der Waals surface area contributed by atoms with Crippen LogP contribution in [0.1, 0.15) is 37.2 Å². The second kappa shape index (κ2) is 11.4. The van der Waals surface area contributed by atoms with E-state index in [2.05, 4.69) is 13.2 Å². The molecule has 39 heavy (non-hydrogen) atoms. The Kier molecular flexibility index (Phi) is 8.61. The molecule has 0 fully saturated rings. The molecule has 0 aromatic heterocycles. The predicted octanol–water partition coefficient (Wildman–Crippen LogP) is 3.11. The van der Waals surface area contributed by atoms with Crippen LogP contribution in [-0.4, -0.2) is 48.1 Å². The topological polar surface area (TPSA) is 158 Å². The van der Waals surface area contributed by atoms with Gasteiger partial charge in [0.2, 0.25) is 6.79 Å². The first-order valence-corrected chi connectivity index (χ1v) is 14.7. The van der Waals surface area contributed by atoms with Crippen LogP contribution in [0.3, 0.4) is 0 Å². The lowest BCUT2D eigenvalue weighted by Crippen LogP contribution is -2.19. The Labute approximate surface area is 226 Å². The number of benzene rings is 2. The minimum absolute atomic E-state index is 0.0152. The van der Waals surface area contributed by atoms with E-state index in [1.54, 1.807) is 18.2 Å². The van der Waals surface area contributed by atoms with Gasteiger partial charge >= 0.3 is 32.2 Å². The van der Waals surface area contributed by atoms with Gasteiger partial charge in [-0.3, -0.25) is 9.59 Å². The summed E-state index contributed by atoms with van der Waals surface area (Å²) in [6.45, 7) is 10.3. The minimum Gasteiger partial charge on any atom is -0.454 e. The lowest BCUT2D eigenvalue weighted by atomic mass is 9.90. The molecule has 2 unspecified atom stereocenters. The van der Waals surface area contributed by atoms with Gasteiger partial charge in [0.25, 0.3) is 0 Å². The van der Waals surface area contributed by atoms with E-state index in [4.69, 9.17) is 27.3 Å². The summed E-state index contributed by atoms with van der Waals surface area (Å²) in [7, 11) is -8.11. The van der Waals surface area contributed by atoms with Crippen LogP contribution in [0.4, 0.5) is 0 Å². The number of esters is 2. The molecule has 0 bridgehead atoms. The molecule has 3 rings (SSSR count). The van der Waals surface area contributed by atoms with Crippen molar-refractivity contribution in [1.82, 2.24) is 0 Å². The van der Waals surface area contributed by atoms with Crippen LogP contribution in [0.25, 0.3) is 0 Å². The van der Waals surface area contributed by atoms with Gasteiger partial charge < -0.3 is 27.3 Å². The molecule has 2 atom stereocenters. The summed E-state index contributed by atoms with van der Waals surface area (Å²) < 4.78 is 78.7. The molecule has 0 N–H and O–H groups in total. The average Bonchev–Trinajstić information content (AvgIpc) is 3.26. The Balaban J connectivity index is 2.09. The van der Waals surface area contributed by atoms with Crippen molar-refractivity contribution >= 4 is 32.2 Å². The molecule has 210 valence electrons. The molecule has 2 aromatic rings. The van der Waals surface area contributed by atoms with Crippen molar-refractivity contribution in [2.45, 2.75) is 26.1 Å². The lowest BCUT2D eigenvalue weighted by molar-refractivity contribution is -0.147. The molecule has 0 saturated carbocycles. The smallest absolute Gasteiger partial charge is 0.306 e. The molecular weight excluding hydrogens is 556 g/mol. The van der Waals surface area contributed by atoms with E-state index in [0.717, 1.165) is 25.5 Å². The summed E-state index contributed by atoms with van der Waals surface area (Å²) in [6, 6.07) is 8.28. The maximum Gasteiger partial charge on any atom is 0.306 e. The Morgan fingerprint density at radius 1 is 0.795 bits per heavy atom. The number of carbonyl (C=O) groups excluding carboxylic acids is 2. The van der Waals surface area contributed by atoms with Gasteiger partial charge in [-0.25, -0.2) is 0 Å². The van der Waals surface area contributed by atoms with Crippen molar-refractivity contribution in [3.63, 3.8) is 0 Å². The standard InChI is InChI=1S/C25H26O12S2/c1-14(24(34-16(3)26)18-7-10-21-23(11-18)33-13-32-21)15(2)25(35-17(4)27)20-9-8-19(36-38(5,28)29)12-22(20)37-39(6,30)31/h7-12,24-25H,1-2,13H2,3-6H3. The molecule has 0 saturated heterocycles. The number of carbonyl (C=O) groups is 2. The number of fused-ring (bicyclic) bond motifs is 1. The van der Waals surface area contributed by atoms with Gasteiger partial charge in [-0.15, -0.1) is 0 Å². The fourth-order valence-corrected chi connectivity index (χ4v) is 4.52. The van der Waals surface area contributed by atoms with Crippen molar-refractivity contribution < 1.29 is 53.7 Å². The van der Waals surface area contributed by atoms with Gasteiger partial charge in [0, 0.05) is 31.0 Å². The highest BCUT2D eigenvalue weighted by Crippen LogP contribution is 2.43. The molecule has 1 aliphatic heterocycles. The van der Waals surface area contributed by atoms with Crippen molar-refractivity contribution in [1.29, 1.82) is 0 Å². The van der Waals surface area contributed by atoms with E-state index in [1.807, 2.05) is 0 Å². The Morgan fingerprint density at radius 2 is 1.36 bits per heavy atom. The van der Waals surface area contributed by atoms with Gasteiger partial charge in [-0.1, -0.05) is 19.2 Å². The van der Waals surface area contributed by atoms with Crippen LogP contribution in [0.5, 0.6) is 23.0 Å². The molecule has 0 amide bonds. The molecule has 0 radical (unpaired) electrons. The van der Waals surface area contributed by atoms with Crippen LogP contribution in [0.2, 0.25) is 0 Å². The quantitative estimate of drug-likeness (QED) is 0.217. The zero-order valence-electron chi connectivity index (χ0n) is 21.5. The molecule has 14 heteroatoms. The third-order valence-corrected chi connectivity index (χ3v) is 6.05. The fourth-order valence-electron chi connectivity index (χ4n) is 3.60. The monoisotopic (exact) mass is 582 g/mol. The Bertz CT molecular complexity index is 1540. The zero-order chi connectivity index (χ0) is 29.1. The second-order valence-electron chi connectivity index (χ2n) is 8.42. The number of ether oxygens (including phenoxy) is 4. The van der Waals surface area contributed by atoms with Crippen LogP contribution in [0, 0.1) is 0 Å². The van der Waals surface area contributed by atoms with E-state index in [1.165, 1.54) is 19.1 Å². The third-order valence-electron chi connectivity index (χ3n) is 5.07. The fraction of sp³-hybridized carbons (Fsp3) is 0.280. The maximum absolute atomic E-state index is 12.1. The molecule has 1 aliphatic rings. The van der Waals surface area contributed by atoms with E-state index in [0.29, 0.717) is 17.1 Å². The highest BCUT2D eigenvalue weighted by molar-refractivity contribution is 7.86. The summed E-state index contributed by atoms with van der Waals surface area (Å²) in [4.78, 5) is 24.1. The first kappa shape index (κ1) is 29.5. The summed E-state index contributed by atoms with van der Waals surface area (Å²) in [5, 5.41) is 0. The van der Waals surface area contributed by atoms with E-state index < -0.39 is 50.1 Å². The second-order valence-corrected chi connectivity index (χ2v) is 11.6. The average molecular weight is 583 g/mol. The van der Waals surface area contributed by atoms with Crippen LogP contribution in [-0.2, 0) is 39.3 Å². The van der Waals surface area contributed by atoms with Gasteiger partial charge in [0.1, 0.15) is 5.75 Å². The first-order chi connectivity index (χ1) is 18.0. The maximum atomic E-state index is 12.1. The van der Waals surface area contributed by atoms with Crippen molar-refractivity contribution in [2.24, 2.45) is 0 Å². The van der Waals surface area contributed by atoms with E-state index in [9.17, 15) is 26.4 Å². The van der Waals surface area contributed by atoms with Gasteiger partial charge in [0.05, 0.1) is 12.5 Å². The molecule has 0 aliphatic carbocycles. The van der Waals surface area contributed by atoms with Crippen molar-refractivity contribution in [2.75, 3.05) is 19.3 Å². The molecule has 1 heterocycles. The lowest BCUT2D eigenvalue weighted by Gasteiger charge is -2.27. The van der Waals surface area contributed by atoms with Gasteiger partial charge in [-0.2, -0.15) is 16.8 Å². The molecule has 2 aromatic carbocycles. The normalized spacial score (nSPS) is 14.1. The van der Waals surface area contributed by atoms with E-state index in [-0.39, 0.29) is 29.3 Å². The van der Waals surface area contributed by atoms with Crippen LogP contribution >= 0.6 is 0 Å². The summed E-state index contributed by atoms with van der Waals surface area (Å²) in [6.07, 6.45) is -0.941. The first-order valence-electron chi connectivity index (χ1n) is 11.1. The highest BCUT2D eigenvalue weighted by Gasteiger charge is 2.31. The van der Waals surface area contributed by atoms with Crippen molar-refractivity contribution in [3.8, 4) is 23.0 Å². The summed E-state index contributed by atoms with van der Waals surface area (Å²) in [5.41, 5.74) is 0.517.